The van der Waals surface area contributed by atoms with Crippen LogP contribution in [0.1, 0.15) is 91.3 Å². The minimum atomic E-state index is -0.997. The standard InChI is InChI=1S/C34H32FN5O6/c1-17-26(16-23-22-15-20(35)8-10-25(22)38-30(23)42)37-18(2)29(17)32(44)36-13-5-3-4-6-19-7-9-21-24(14-19)34(46)40(33(21)45)27-11-12-28(41)39-31(27)43/h7-10,14-16,27,37H,3-6,11-13H2,1-2H3,(H,36,44)(H,38,42)(H,39,41,43)/b23-16-. The Kier molecular flexibility index (Phi) is 8.11. The van der Waals surface area contributed by atoms with Gasteiger partial charge >= 0.3 is 0 Å². The highest BCUT2D eigenvalue weighted by Crippen LogP contribution is 2.34. The molecule has 1 atom stereocenters. The zero-order valence-corrected chi connectivity index (χ0v) is 25.3. The molecule has 1 aromatic heterocycles. The number of nitrogens with zero attached hydrogens (tertiary/aromatic N) is 1. The first-order valence-corrected chi connectivity index (χ1v) is 15.2. The number of unbranched alkanes of at least 4 members (excludes halogenated alkanes) is 2. The van der Waals surface area contributed by atoms with E-state index in [1.807, 2.05) is 0 Å². The Labute approximate surface area is 263 Å². The summed E-state index contributed by atoms with van der Waals surface area (Å²) in [5.74, 6) is -3.14. The zero-order valence-electron chi connectivity index (χ0n) is 25.3. The molecule has 0 spiro atoms. The molecule has 0 bridgehead atoms. The van der Waals surface area contributed by atoms with Gasteiger partial charge in [-0.1, -0.05) is 12.5 Å². The maximum Gasteiger partial charge on any atom is 0.262 e. The maximum atomic E-state index is 13.8. The molecule has 0 aliphatic carbocycles. The van der Waals surface area contributed by atoms with E-state index in [0.717, 1.165) is 29.7 Å². The van der Waals surface area contributed by atoms with E-state index < -0.39 is 35.5 Å². The van der Waals surface area contributed by atoms with Gasteiger partial charge in [0.2, 0.25) is 11.8 Å². The van der Waals surface area contributed by atoms with Gasteiger partial charge in [-0.15, -0.1) is 0 Å². The second-order valence-corrected chi connectivity index (χ2v) is 11.8. The number of carbonyl (C=O) groups excluding carboxylic acids is 6. The van der Waals surface area contributed by atoms with Gasteiger partial charge in [0.05, 0.1) is 22.3 Å². The molecular formula is C34H32FN5O6. The first-order chi connectivity index (χ1) is 22.0. The largest absolute Gasteiger partial charge is 0.358 e. The second kappa shape index (κ2) is 12.2. The normalized spacial score (nSPS) is 18.2. The number of anilines is 1. The van der Waals surface area contributed by atoms with E-state index in [9.17, 15) is 33.2 Å². The Morgan fingerprint density at radius 3 is 2.52 bits per heavy atom. The number of aromatic amines is 1. The van der Waals surface area contributed by atoms with Gasteiger partial charge in [0.15, 0.2) is 0 Å². The van der Waals surface area contributed by atoms with Gasteiger partial charge in [0.25, 0.3) is 23.6 Å². The smallest absolute Gasteiger partial charge is 0.262 e. The molecule has 2 aromatic carbocycles. The van der Waals surface area contributed by atoms with Crippen LogP contribution >= 0.6 is 0 Å². The number of carbonyl (C=O) groups is 6. The Hall–Kier alpha value is -5.39. The summed E-state index contributed by atoms with van der Waals surface area (Å²) in [4.78, 5) is 79.4. The monoisotopic (exact) mass is 625 g/mol. The average Bonchev–Trinajstić information content (AvgIpc) is 3.57. The van der Waals surface area contributed by atoms with Crippen LogP contribution < -0.4 is 16.0 Å². The molecule has 3 aliphatic rings. The summed E-state index contributed by atoms with van der Waals surface area (Å²) >= 11 is 0. The number of benzene rings is 2. The molecule has 1 unspecified atom stereocenters. The molecule has 0 saturated carbocycles. The van der Waals surface area contributed by atoms with E-state index in [0.29, 0.717) is 52.3 Å². The molecular weight excluding hydrogens is 593 g/mol. The van der Waals surface area contributed by atoms with Crippen LogP contribution in [-0.2, 0) is 20.8 Å². The number of H-pyrrole nitrogens is 1. The number of halogens is 1. The van der Waals surface area contributed by atoms with Crippen LogP contribution in [0.4, 0.5) is 10.1 Å². The fraction of sp³-hybridized carbons (Fsp3) is 0.294. The number of piperidine rings is 1. The second-order valence-electron chi connectivity index (χ2n) is 11.8. The third-order valence-electron chi connectivity index (χ3n) is 8.69. The van der Waals surface area contributed by atoms with Gasteiger partial charge in [-0.3, -0.25) is 39.0 Å². The lowest BCUT2D eigenvalue weighted by Gasteiger charge is -2.27. The summed E-state index contributed by atoms with van der Waals surface area (Å²) in [6, 6.07) is 8.21. The molecule has 3 aliphatic heterocycles. The molecule has 4 heterocycles. The Morgan fingerprint density at radius 1 is 0.957 bits per heavy atom. The van der Waals surface area contributed by atoms with E-state index in [4.69, 9.17) is 0 Å². The third kappa shape index (κ3) is 5.62. The summed E-state index contributed by atoms with van der Waals surface area (Å²) in [7, 11) is 0. The summed E-state index contributed by atoms with van der Waals surface area (Å²) in [6.45, 7) is 4.03. The zero-order chi connectivity index (χ0) is 32.7. The van der Waals surface area contributed by atoms with Gasteiger partial charge in [-0.2, -0.15) is 0 Å². The quantitative estimate of drug-likeness (QED) is 0.161. The number of rotatable bonds is 9. The van der Waals surface area contributed by atoms with E-state index in [2.05, 4.69) is 20.9 Å². The molecule has 46 heavy (non-hydrogen) atoms. The van der Waals surface area contributed by atoms with Crippen molar-refractivity contribution < 1.29 is 33.2 Å². The molecule has 12 heteroatoms. The van der Waals surface area contributed by atoms with Gasteiger partial charge in [0, 0.05) is 35.6 Å². The molecule has 4 N–H and O–H groups in total. The minimum absolute atomic E-state index is 0.0674. The van der Waals surface area contributed by atoms with Crippen molar-refractivity contribution in [3.63, 3.8) is 0 Å². The van der Waals surface area contributed by atoms with Gasteiger partial charge < -0.3 is 15.6 Å². The van der Waals surface area contributed by atoms with Gasteiger partial charge in [0.1, 0.15) is 11.9 Å². The van der Waals surface area contributed by atoms with Crippen molar-refractivity contribution in [2.24, 2.45) is 0 Å². The van der Waals surface area contributed by atoms with Crippen molar-refractivity contribution in [2.45, 2.75) is 58.4 Å². The lowest BCUT2D eigenvalue weighted by molar-refractivity contribution is -0.136. The first-order valence-electron chi connectivity index (χ1n) is 15.2. The summed E-state index contributed by atoms with van der Waals surface area (Å²) < 4.78 is 13.8. The summed E-state index contributed by atoms with van der Waals surface area (Å²) in [6.07, 6.45) is 4.79. The molecule has 6 amide bonds. The van der Waals surface area contributed by atoms with Crippen LogP contribution in [0.15, 0.2) is 36.4 Å². The molecule has 1 saturated heterocycles. The maximum absolute atomic E-state index is 13.8. The lowest BCUT2D eigenvalue weighted by Crippen LogP contribution is -2.54. The highest BCUT2D eigenvalue weighted by molar-refractivity contribution is 6.35. The topological polar surface area (TPSA) is 158 Å². The lowest BCUT2D eigenvalue weighted by atomic mass is 10.0. The number of hydrogen-bond donors (Lipinski definition) is 4. The number of aryl methyl sites for hydroxylation is 2. The van der Waals surface area contributed by atoms with Crippen molar-refractivity contribution >= 4 is 52.8 Å². The van der Waals surface area contributed by atoms with Crippen LogP contribution in [-0.4, -0.2) is 57.9 Å². The minimum Gasteiger partial charge on any atom is -0.358 e. The third-order valence-corrected chi connectivity index (χ3v) is 8.69. The van der Waals surface area contributed by atoms with Crippen molar-refractivity contribution in [1.29, 1.82) is 0 Å². The fourth-order valence-corrected chi connectivity index (χ4v) is 6.30. The van der Waals surface area contributed by atoms with Crippen LogP contribution in [0.3, 0.4) is 0 Å². The van der Waals surface area contributed by atoms with E-state index in [1.165, 1.54) is 18.2 Å². The van der Waals surface area contributed by atoms with E-state index in [-0.39, 0.29) is 35.8 Å². The Balaban J connectivity index is 1.01. The number of hydrogen-bond acceptors (Lipinski definition) is 6. The van der Waals surface area contributed by atoms with E-state index >= 15 is 0 Å². The van der Waals surface area contributed by atoms with Crippen LogP contribution in [0.25, 0.3) is 11.6 Å². The van der Waals surface area contributed by atoms with E-state index in [1.54, 1.807) is 38.1 Å². The summed E-state index contributed by atoms with van der Waals surface area (Å²) in [5, 5.41) is 7.87. The molecule has 236 valence electrons. The predicted molar refractivity (Wildman–Crippen MR) is 166 cm³/mol. The highest BCUT2D eigenvalue weighted by atomic mass is 19.1. The molecule has 1 fully saturated rings. The van der Waals surface area contributed by atoms with Crippen LogP contribution in [0.5, 0.6) is 0 Å². The number of aromatic nitrogens is 1. The van der Waals surface area contributed by atoms with Crippen molar-refractivity contribution in [3.05, 3.63) is 87.0 Å². The molecule has 3 aromatic rings. The van der Waals surface area contributed by atoms with Crippen molar-refractivity contribution in [1.82, 2.24) is 20.5 Å². The van der Waals surface area contributed by atoms with Gasteiger partial charge in [-0.25, -0.2) is 4.39 Å². The number of imide groups is 2. The Morgan fingerprint density at radius 2 is 1.74 bits per heavy atom. The molecule has 0 radical (unpaired) electrons. The predicted octanol–water partition coefficient (Wildman–Crippen LogP) is 3.81. The molecule has 11 nitrogen and oxygen atoms in total. The number of fused-ring (bicyclic) bond motifs is 2. The highest BCUT2D eigenvalue weighted by Gasteiger charge is 2.44. The van der Waals surface area contributed by atoms with Gasteiger partial charge in [-0.05, 0) is 87.1 Å². The first kappa shape index (κ1) is 30.6. The Bertz CT molecular complexity index is 1880. The van der Waals surface area contributed by atoms with Crippen molar-refractivity contribution in [2.75, 3.05) is 11.9 Å². The molecule has 6 rings (SSSR count). The summed E-state index contributed by atoms with van der Waals surface area (Å²) in [5.41, 5.74) is 5.14. The SMILES string of the molecule is Cc1[nH]c(/C=C2\C(=O)Nc3ccc(F)cc32)c(C)c1C(=O)NCCCCCc1ccc2c(c1)C(=O)N(C1CCC(=O)NC1=O)C2=O. The number of amides is 6. The van der Waals surface area contributed by atoms with Crippen LogP contribution in [0.2, 0.25) is 0 Å². The average molecular weight is 626 g/mol. The number of nitrogens with one attached hydrogen (secondary N) is 4. The van der Waals surface area contributed by atoms with Crippen molar-refractivity contribution in [3.8, 4) is 0 Å². The van der Waals surface area contributed by atoms with Crippen LogP contribution in [0, 0.1) is 19.7 Å². The fourth-order valence-electron chi connectivity index (χ4n) is 6.30.